The maximum absolute atomic E-state index is 10.8. The van der Waals surface area contributed by atoms with Gasteiger partial charge in [-0.25, -0.2) is 0 Å². The second kappa shape index (κ2) is 3.34. The predicted octanol–water partition coefficient (Wildman–Crippen LogP) is 0.273. The maximum Gasteiger partial charge on any atom is -0.369 e. The molecule has 0 radical (unpaired) electrons. The Morgan fingerprint density at radius 1 is 0.545 bits per heavy atom. The second-order valence-electron chi connectivity index (χ2n) is 1.07. The topological polar surface area (TPSA) is 110 Å². The monoisotopic (exact) mass is 215 g/mol. The van der Waals surface area contributed by atoms with Gasteiger partial charge in [-0.3, -0.25) is 0 Å². The van der Waals surface area contributed by atoms with Crippen LogP contribution in [0.2, 0.25) is 0 Å². The number of quaternary nitrogens is 3. The van der Waals surface area contributed by atoms with E-state index >= 15 is 0 Å². The number of hydrogen-bond acceptors (Lipinski definition) is 0. The normalized spacial score (nSPS) is 14.7. The molecule has 0 aromatic heterocycles. The fraction of sp³-hybridized carbons (Fsp3) is 0. The van der Waals surface area contributed by atoms with Crippen molar-refractivity contribution in [3.05, 3.63) is 0 Å². The molecule has 0 aliphatic heterocycles. The Balaban J connectivity index is -0.0000000300. The standard InChI is InChI=1S/F6Si.FH.3H3N/c1-7(2,3,4,5)6;;;;/h;1H;3*1H3/q-2;;;;/p+2. The Bertz CT molecular complexity index is 72.3. The van der Waals surface area contributed by atoms with Crippen LogP contribution in [0.25, 0.3) is 0 Å². The smallest absolute Gasteiger partial charge is 0.369 e. The van der Waals surface area contributed by atoms with Gasteiger partial charge >= 0.3 is 33.3 Å². The number of halogens is 7. The summed E-state index contributed by atoms with van der Waals surface area (Å²) in [5.74, 6) is 0. The Kier molecular flexibility index (Phi) is 9.44. The van der Waals surface area contributed by atoms with Gasteiger partial charge in [0.25, 0.3) is 0 Å². The molecule has 11 heteroatoms. The van der Waals surface area contributed by atoms with Gasteiger partial charge in [-0.15, -0.1) is 0 Å². The molecule has 0 rings (SSSR count). The van der Waals surface area contributed by atoms with E-state index in [2.05, 4.69) is 0 Å². The van der Waals surface area contributed by atoms with E-state index in [1.54, 1.807) is 0 Å². The molecule has 80 valence electrons. The van der Waals surface area contributed by atoms with Crippen LogP contribution in [0.3, 0.4) is 0 Å². The van der Waals surface area contributed by atoms with Crippen molar-refractivity contribution in [2.45, 2.75) is 0 Å². The van der Waals surface area contributed by atoms with Crippen molar-refractivity contribution in [2.75, 3.05) is 0 Å². The Morgan fingerprint density at radius 2 is 0.545 bits per heavy atom. The molecule has 3 nitrogen and oxygen atoms in total. The zero-order chi connectivity index (χ0) is 6.41. The van der Waals surface area contributed by atoms with Crippen LogP contribution in [0, 0.1) is 0 Å². The second-order valence-corrected chi connectivity index (χ2v) is 3.21. The molecular weight excluding hydrogens is 203 g/mol. The van der Waals surface area contributed by atoms with Crippen molar-refractivity contribution >= 4 is 8.63 Å². The van der Waals surface area contributed by atoms with Crippen LogP contribution >= 0.6 is 0 Å². The molecule has 0 aromatic carbocycles. The number of hydrogen-bond donors (Lipinski definition) is 3. The molecule has 0 atom stereocenters. The zero-order valence-electron chi connectivity index (χ0n) is 6.15. The first-order valence-corrected chi connectivity index (χ1v) is 3.40. The van der Waals surface area contributed by atoms with Gasteiger partial charge in [0.15, 0.2) is 0 Å². The van der Waals surface area contributed by atoms with E-state index < -0.39 is 8.63 Å². The summed E-state index contributed by atoms with van der Waals surface area (Å²) in [5.41, 5.74) is 0. The van der Waals surface area contributed by atoms with Crippen LogP contribution in [-0.2, 0) is 0 Å². The SMILES string of the molecule is F[Si-2](F)(F)(F)(F)F.[F-].[NH4+].[NH4+].[NH4+]. The van der Waals surface area contributed by atoms with Gasteiger partial charge in [0.2, 0.25) is 0 Å². The van der Waals surface area contributed by atoms with E-state index in [4.69, 9.17) is 0 Å². The minimum Gasteiger partial charge on any atom is -1.00 e. The molecule has 0 saturated heterocycles. The molecule has 12 N–H and O–H groups in total. The van der Waals surface area contributed by atoms with E-state index in [1.165, 1.54) is 0 Å². The molecule has 0 aromatic rings. The van der Waals surface area contributed by atoms with Gasteiger partial charge < -0.3 is 23.2 Å². The molecule has 0 bridgehead atoms. The first kappa shape index (κ1) is 31.1. The van der Waals surface area contributed by atoms with E-state index in [-0.39, 0.29) is 23.2 Å². The van der Waals surface area contributed by atoms with Crippen LogP contribution < -0.4 is 23.2 Å². The van der Waals surface area contributed by atoms with Crippen molar-refractivity contribution in [3.8, 4) is 0 Å². The summed E-state index contributed by atoms with van der Waals surface area (Å²) in [6, 6.07) is 0. The average Bonchev–Trinajstić information content (AvgIpc) is 0.592. The molecular formula is H12F7N3Si. The molecule has 0 aliphatic rings. The van der Waals surface area contributed by atoms with Crippen molar-refractivity contribution in [1.82, 2.24) is 18.5 Å². The molecule has 11 heavy (non-hydrogen) atoms. The Labute approximate surface area is 57.7 Å². The first-order valence-electron chi connectivity index (χ1n) is 1.13. The fourth-order valence-electron chi connectivity index (χ4n) is 0. The molecule has 0 saturated carbocycles. The number of rotatable bonds is 0. The molecule has 0 aliphatic carbocycles. The molecule has 0 fully saturated rings. The predicted molar refractivity (Wildman–Crippen MR) is 30.4 cm³/mol. The van der Waals surface area contributed by atoms with Gasteiger partial charge in [0, 0.05) is 0 Å². The third-order valence-electron chi connectivity index (χ3n) is 0. The zero-order valence-corrected chi connectivity index (χ0v) is 7.15. The first-order chi connectivity index (χ1) is 2.45. The van der Waals surface area contributed by atoms with E-state index in [1.807, 2.05) is 0 Å². The van der Waals surface area contributed by atoms with E-state index in [0.717, 1.165) is 0 Å². The minimum absolute atomic E-state index is 0. The fourth-order valence-corrected chi connectivity index (χ4v) is 0. The molecule has 0 unspecified atom stereocenters. The van der Waals surface area contributed by atoms with E-state index in [9.17, 15) is 24.6 Å². The van der Waals surface area contributed by atoms with Gasteiger partial charge in [0.1, 0.15) is 0 Å². The van der Waals surface area contributed by atoms with Crippen LogP contribution in [-0.4, -0.2) is 8.63 Å². The van der Waals surface area contributed by atoms with Crippen LogP contribution in [0.5, 0.6) is 0 Å². The third-order valence-corrected chi connectivity index (χ3v) is 0. The van der Waals surface area contributed by atoms with Gasteiger partial charge in [-0.1, -0.05) is 0 Å². The van der Waals surface area contributed by atoms with Gasteiger partial charge in [-0.2, -0.15) is 0 Å². The quantitative estimate of drug-likeness (QED) is 0.293. The summed E-state index contributed by atoms with van der Waals surface area (Å²) in [6.45, 7) is 0. The Hall–Kier alpha value is -0.393. The summed E-state index contributed by atoms with van der Waals surface area (Å²) in [7, 11) is -10.8. The molecule has 0 heterocycles. The maximum atomic E-state index is 9.88. The van der Waals surface area contributed by atoms with E-state index in [0.29, 0.717) is 0 Å². The van der Waals surface area contributed by atoms with Crippen LogP contribution in [0.1, 0.15) is 0 Å². The van der Waals surface area contributed by atoms with Crippen LogP contribution in [0.4, 0.5) is 24.6 Å². The molecule has 0 amide bonds. The summed E-state index contributed by atoms with van der Waals surface area (Å²) in [5, 5.41) is 0. The average molecular weight is 215 g/mol. The third kappa shape index (κ3) is 3600. The molecule has 0 spiro atoms. The summed E-state index contributed by atoms with van der Waals surface area (Å²) in [4.78, 5) is 0. The minimum atomic E-state index is -10.8. The summed E-state index contributed by atoms with van der Waals surface area (Å²) < 4.78 is 59.3. The summed E-state index contributed by atoms with van der Waals surface area (Å²) in [6.07, 6.45) is 0. The van der Waals surface area contributed by atoms with Gasteiger partial charge in [-0.05, 0) is 0 Å². The van der Waals surface area contributed by atoms with Crippen molar-refractivity contribution in [1.29, 1.82) is 0 Å². The van der Waals surface area contributed by atoms with Crippen molar-refractivity contribution in [3.63, 3.8) is 0 Å². The van der Waals surface area contributed by atoms with Crippen molar-refractivity contribution in [2.24, 2.45) is 0 Å². The Morgan fingerprint density at radius 3 is 0.545 bits per heavy atom. The van der Waals surface area contributed by atoms with Gasteiger partial charge in [0.05, 0.1) is 0 Å². The van der Waals surface area contributed by atoms with Crippen molar-refractivity contribution < 1.29 is 29.4 Å². The van der Waals surface area contributed by atoms with Crippen LogP contribution in [0.15, 0.2) is 0 Å². The summed E-state index contributed by atoms with van der Waals surface area (Å²) >= 11 is 0. The largest absolute Gasteiger partial charge is 1.00 e.